The Morgan fingerprint density at radius 3 is 3.22 bits per heavy atom. The molecule has 0 aliphatic rings. The van der Waals surface area contributed by atoms with Crippen molar-refractivity contribution in [3.63, 3.8) is 0 Å². The fourth-order valence-corrected chi connectivity index (χ4v) is 0.615. The van der Waals surface area contributed by atoms with Gasteiger partial charge < -0.3 is 5.32 Å². The summed E-state index contributed by atoms with van der Waals surface area (Å²) in [5.41, 5.74) is 0.958. The van der Waals surface area contributed by atoms with Crippen LogP contribution in [-0.2, 0) is 0 Å². The Hall–Kier alpha value is -1.05. The van der Waals surface area contributed by atoms with Crippen molar-refractivity contribution >= 4 is 5.69 Å². The molecular weight excluding hydrogens is 112 g/mol. The Balaban J connectivity index is 2.61. The first-order valence-corrected chi connectivity index (χ1v) is 3.00. The molecule has 0 aliphatic heterocycles. The smallest absolute Gasteiger partial charge is 0.114 e. The van der Waals surface area contributed by atoms with Crippen LogP contribution in [0.1, 0.15) is 6.92 Å². The van der Waals surface area contributed by atoms with Crippen LogP contribution in [0.2, 0.25) is 0 Å². The number of anilines is 1. The minimum atomic E-state index is 0.919. The van der Waals surface area contributed by atoms with Crippen LogP contribution in [0, 0.1) is 6.20 Å². The van der Waals surface area contributed by atoms with Crippen LogP contribution >= 0.6 is 0 Å². The van der Waals surface area contributed by atoms with E-state index in [-0.39, 0.29) is 0 Å². The molecule has 0 amide bonds. The van der Waals surface area contributed by atoms with Crippen molar-refractivity contribution in [3.8, 4) is 0 Å². The van der Waals surface area contributed by atoms with Gasteiger partial charge in [-0.25, -0.2) is 0 Å². The van der Waals surface area contributed by atoms with E-state index >= 15 is 0 Å². The van der Waals surface area contributed by atoms with E-state index in [4.69, 9.17) is 0 Å². The maximum atomic E-state index is 3.82. The third-order valence-corrected chi connectivity index (χ3v) is 0.976. The topological polar surface area (TPSA) is 24.9 Å². The van der Waals surface area contributed by atoms with Crippen LogP contribution in [0.15, 0.2) is 18.3 Å². The van der Waals surface area contributed by atoms with Gasteiger partial charge in [0.05, 0.1) is 5.69 Å². The molecule has 0 saturated heterocycles. The molecule has 0 aliphatic carbocycles. The number of aromatic nitrogens is 1. The molecule has 0 fully saturated rings. The predicted octanol–water partition coefficient (Wildman–Crippen LogP) is 1.31. The van der Waals surface area contributed by atoms with E-state index in [0.717, 1.165) is 12.2 Å². The second-order valence-corrected chi connectivity index (χ2v) is 1.69. The zero-order chi connectivity index (χ0) is 6.53. The summed E-state index contributed by atoms with van der Waals surface area (Å²) < 4.78 is 0. The number of rotatable bonds is 2. The van der Waals surface area contributed by atoms with Crippen LogP contribution in [0.3, 0.4) is 0 Å². The first-order valence-electron chi connectivity index (χ1n) is 3.00. The highest BCUT2D eigenvalue weighted by Crippen LogP contribution is 1.99. The Morgan fingerprint density at radius 2 is 2.67 bits per heavy atom. The lowest BCUT2D eigenvalue weighted by Crippen LogP contribution is -1.95. The number of nitrogens with one attached hydrogen (secondary N) is 1. The maximum absolute atomic E-state index is 3.82. The van der Waals surface area contributed by atoms with Crippen LogP contribution in [0.4, 0.5) is 5.69 Å². The average Bonchev–Trinajstić information content (AvgIpc) is 1.91. The first-order chi connectivity index (χ1) is 4.43. The molecule has 0 saturated carbocycles. The normalized spacial score (nSPS) is 9.00. The molecule has 0 spiro atoms. The summed E-state index contributed by atoms with van der Waals surface area (Å²) in [6.07, 6.45) is 4.52. The van der Waals surface area contributed by atoms with Gasteiger partial charge in [0.25, 0.3) is 0 Å². The van der Waals surface area contributed by atoms with E-state index in [9.17, 15) is 0 Å². The van der Waals surface area contributed by atoms with Crippen molar-refractivity contribution < 1.29 is 0 Å². The van der Waals surface area contributed by atoms with Crippen molar-refractivity contribution in [2.24, 2.45) is 0 Å². The molecule has 1 radical (unpaired) electrons. The Morgan fingerprint density at radius 1 is 1.78 bits per heavy atom. The second-order valence-electron chi connectivity index (χ2n) is 1.69. The van der Waals surface area contributed by atoms with Gasteiger partial charge in [-0.1, -0.05) is 0 Å². The molecule has 1 aromatic heterocycles. The average molecular weight is 121 g/mol. The molecule has 2 nitrogen and oxygen atoms in total. The standard InChI is InChI=1S/C7H9N2/c1-2-9-7-4-3-5-8-6-7/h3-5,9H,2H2,1H3. The van der Waals surface area contributed by atoms with Crippen molar-refractivity contribution in [3.05, 3.63) is 24.5 Å². The van der Waals surface area contributed by atoms with Crippen LogP contribution < -0.4 is 5.32 Å². The fourth-order valence-electron chi connectivity index (χ4n) is 0.615. The van der Waals surface area contributed by atoms with E-state index in [0.29, 0.717) is 0 Å². The molecule has 1 rings (SSSR count). The summed E-state index contributed by atoms with van der Waals surface area (Å²) in [7, 11) is 0. The van der Waals surface area contributed by atoms with Crippen LogP contribution in [0.25, 0.3) is 0 Å². The third kappa shape index (κ3) is 1.72. The molecule has 0 atom stereocenters. The lowest BCUT2D eigenvalue weighted by atomic mass is 10.4. The van der Waals surface area contributed by atoms with E-state index < -0.39 is 0 Å². The van der Waals surface area contributed by atoms with Crippen molar-refractivity contribution in [2.75, 3.05) is 11.9 Å². The lowest BCUT2D eigenvalue weighted by molar-refractivity contribution is 1.19. The fraction of sp³-hybridized carbons (Fsp3) is 0.286. The van der Waals surface area contributed by atoms with Gasteiger partial charge in [-0.05, 0) is 19.1 Å². The minimum absolute atomic E-state index is 0.919. The molecule has 47 valence electrons. The Bertz CT molecular complexity index is 160. The van der Waals surface area contributed by atoms with E-state index in [2.05, 4.69) is 16.5 Å². The summed E-state index contributed by atoms with van der Waals surface area (Å²) in [5, 5.41) is 3.09. The van der Waals surface area contributed by atoms with Gasteiger partial charge in [-0.15, -0.1) is 0 Å². The molecule has 1 heterocycles. The first kappa shape index (κ1) is 6.08. The number of hydrogen-bond donors (Lipinski definition) is 1. The summed E-state index contributed by atoms with van der Waals surface area (Å²) in [4.78, 5) is 3.82. The Kier molecular flexibility index (Phi) is 2.07. The van der Waals surface area contributed by atoms with Crippen molar-refractivity contribution in [2.45, 2.75) is 6.92 Å². The molecule has 9 heavy (non-hydrogen) atoms. The molecule has 2 heteroatoms. The molecule has 1 N–H and O–H groups in total. The van der Waals surface area contributed by atoms with Gasteiger partial charge in [0.1, 0.15) is 6.20 Å². The van der Waals surface area contributed by atoms with Gasteiger partial charge in [0.2, 0.25) is 0 Å². The van der Waals surface area contributed by atoms with Gasteiger partial charge >= 0.3 is 0 Å². The van der Waals surface area contributed by atoms with Crippen LogP contribution in [-0.4, -0.2) is 11.5 Å². The largest absolute Gasteiger partial charge is 0.384 e. The van der Waals surface area contributed by atoms with E-state index in [1.807, 2.05) is 19.1 Å². The molecule has 0 bridgehead atoms. The van der Waals surface area contributed by atoms with Crippen molar-refractivity contribution in [1.29, 1.82) is 0 Å². The number of nitrogens with zero attached hydrogens (tertiary/aromatic N) is 1. The number of hydrogen-bond acceptors (Lipinski definition) is 2. The van der Waals surface area contributed by atoms with Crippen molar-refractivity contribution in [1.82, 2.24) is 4.98 Å². The molecular formula is C7H9N2. The summed E-state index contributed by atoms with van der Waals surface area (Å²) in [6.45, 7) is 2.96. The molecule has 0 unspecified atom stereocenters. The zero-order valence-corrected chi connectivity index (χ0v) is 5.39. The van der Waals surface area contributed by atoms with E-state index in [1.165, 1.54) is 0 Å². The monoisotopic (exact) mass is 121 g/mol. The second kappa shape index (κ2) is 3.07. The lowest BCUT2D eigenvalue weighted by Gasteiger charge is -1.97. The highest BCUT2D eigenvalue weighted by atomic mass is 14.9. The molecule has 1 aromatic rings. The van der Waals surface area contributed by atoms with E-state index in [1.54, 1.807) is 6.20 Å². The predicted molar refractivity (Wildman–Crippen MR) is 37.2 cm³/mol. The van der Waals surface area contributed by atoms with Gasteiger partial charge in [0.15, 0.2) is 0 Å². The van der Waals surface area contributed by atoms with Gasteiger partial charge in [-0.3, -0.25) is 4.98 Å². The maximum Gasteiger partial charge on any atom is 0.114 e. The highest BCUT2D eigenvalue weighted by molar-refractivity contribution is 5.37. The highest BCUT2D eigenvalue weighted by Gasteiger charge is 1.83. The SMILES string of the molecule is CCNc1[c]nccc1. The summed E-state index contributed by atoms with van der Waals surface area (Å²) >= 11 is 0. The zero-order valence-electron chi connectivity index (χ0n) is 5.39. The minimum Gasteiger partial charge on any atom is -0.384 e. The third-order valence-electron chi connectivity index (χ3n) is 0.976. The number of pyridine rings is 1. The summed E-state index contributed by atoms with van der Waals surface area (Å²) in [6, 6.07) is 3.82. The van der Waals surface area contributed by atoms with Gasteiger partial charge in [-0.2, -0.15) is 0 Å². The van der Waals surface area contributed by atoms with Gasteiger partial charge in [0, 0.05) is 12.7 Å². The molecule has 0 aromatic carbocycles. The Labute approximate surface area is 54.9 Å². The summed E-state index contributed by atoms with van der Waals surface area (Å²) in [5.74, 6) is 0. The quantitative estimate of drug-likeness (QED) is 0.638. The van der Waals surface area contributed by atoms with Crippen LogP contribution in [0.5, 0.6) is 0 Å².